The van der Waals surface area contributed by atoms with Crippen molar-refractivity contribution in [1.82, 2.24) is 4.98 Å². The zero-order valence-corrected chi connectivity index (χ0v) is 14.4. The highest BCUT2D eigenvalue weighted by molar-refractivity contribution is 5.75. The number of nitro benzene ring substituents is 2. The van der Waals surface area contributed by atoms with E-state index < -0.39 is 38.6 Å². The summed E-state index contributed by atoms with van der Waals surface area (Å²) in [6, 6.07) is 5.92. The lowest BCUT2D eigenvalue weighted by atomic mass is 10.1. The number of unbranched alkanes of at least 4 members (excludes halogenated alkanes) is 1. The molecule has 0 saturated heterocycles. The number of alkyl halides is 3. The highest BCUT2D eigenvalue weighted by atomic mass is 19.4. The summed E-state index contributed by atoms with van der Waals surface area (Å²) in [5.74, 6) is 0.671. The van der Waals surface area contributed by atoms with Crippen LogP contribution < -0.4 is 10.6 Å². The second-order valence-electron chi connectivity index (χ2n) is 5.68. The van der Waals surface area contributed by atoms with E-state index in [0.29, 0.717) is 25.2 Å². The van der Waals surface area contributed by atoms with E-state index in [1.54, 1.807) is 24.4 Å². The standard InChI is InChI=1S/C16H16F3N5O4/c17-16(18,19)11-9-12(23(25)26)15(13(10-11)24(27)28)22-8-4-3-7-21-14-5-1-2-6-20-14/h1-2,5-6,9-10,22H,3-4,7-8H2,(H,20,21). The van der Waals surface area contributed by atoms with Crippen LogP contribution >= 0.6 is 0 Å². The average molecular weight is 399 g/mol. The molecule has 2 N–H and O–H groups in total. The highest BCUT2D eigenvalue weighted by Gasteiger charge is 2.37. The summed E-state index contributed by atoms with van der Waals surface area (Å²) in [7, 11) is 0. The van der Waals surface area contributed by atoms with Crippen LogP contribution in [0.1, 0.15) is 18.4 Å². The van der Waals surface area contributed by atoms with Crippen LogP contribution in [-0.2, 0) is 6.18 Å². The first-order valence-corrected chi connectivity index (χ1v) is 8.13. The zero-order chi connectivity index (χ0) is 20.7. The van der Waals surface area contributed by atoms with Gasteiger partial charge in [0.1, 0.15) is 5.82 Å². The molecule has 2 rings (SSSR count). The predicted molar refractivity (Wildman–Crippen MR) is 95.2 cm³/mol. The number of rotatable bonds is 9. The number of halogens is 3. The minimum absolute atomic E-state index is 0.108. The summed E-state index contributed by atoms with van der Waals surface area (Å²) >= 11 is 0. The molecule has 9 nitrogen and oxygen atoms in total. The molecule has 1 heterocycles. The van der Waals surface area contributed by atoms with Crippen molar-refractivity contribution in [2.75, 3.05) is 23.7 Å². The topological polar surface area (TPSA) is 123 Å². The van der Waals surface area contributed by atoms with Crippen LogP contribution in [0.2, 0.25) is 0 Å². The number of hydrogen-bond acceptors (Lipinski definition) is 7. The Hall–Kier alpha value is -3.44. The summed E-state index contributed by atoms with van der Waals surface area (Å²) in [6.07, 6.45) is -2.25. The normalized spacial score (nSPS) is 11.1. The molecule has 0 atom stereocenters. The van der Waals surface area contributed by atoms with E-state index in [2.05, 4.69) is 15.6 Å². The van der Waals surface area contributed by atoms with Gasteiger partial charge in [-0.2, -0.15) is 13.2 Å². The molecule has 0 amide bonds. The van der Waals surface area contributed by atoms with Crippen LogP contribution in [0.15, 0.2) is 36.5 Å². The summed E-state index contributed by atoms with van der Waals surface area (Å²) in [6.45, 7) is 0.646. The maximum atomic E-state index is 12.9. The molecule has 0 aliphatic rings. The molecule has 0 aliphatic heterocycles. The van der Waals surface area contributed by atoms with Gasteiger partial charge in [-0.15, -0.1) is 0 Å². The largest absolute Gasteiger partial charge is 0.416 e. The number of pyridine rings is 1. The molecule has 150 valence electrons. The number of benzene rings is 1. The highest BCUT2D eigenvalue weighted by Crippen LogP contribution is 2.41. The van der Waals surface area contributed by atoms with Gasteiger partial charge in [0.2, 0.25) is 0 Å². The molecule has 12 heteroatoms. The lowest BCUT2D eigenvalue weighted by Crippen LogP contribution is -2.12. The zero-order valence-electron chi connectivity index (χ0n) is 14.4. The first kappa shape index (κ1) is 20.9. The maximum Gasteiger partial charge on any atom is 0.416 e. The molecule has 0 fully saturated rings. The van der Waals surface area contributed by atoms with Gasteiger partial charge in [-0.25, -0.2) is 4.98 Å². The maximum absolute atomic E-state index is 12.9. The van der Waals surface area contributed by atoms with E-state index >= 15 is 0 Å². The van der Waals surface area contributed by atoms with Crippen molar-refractivity contribution in [3.8, 4) is 0 Å². The van der Waals surface area contributed by atoms with E-state index in [1.165, 1.54) is 0 Å². The Morgan fingerprint density at radius 3 is 2.00 bits per heavy atom. The molecule has 28 heavy (non-hydrogen) atoms. The van der Waals surface area contributed by atoms with Gasteiger partial charge in [0.05, 0.1) is 15.4 Å². The molecular weight excluding hydrogens is 383 g/mol. The molecular formula is C16H16F3N5O4. The number of anilines is 2. The van der Waals surface area contributed by atoms with Crippen molar-refractivity contribution >= 4 is 22.9 Å². The van der Waals surface area contributed by atoms with Gasteiger partial charge in [0.25, 0.3) is 11.4 Å². The summed E-state index contributed by atoms with van der Waals surface area (Å²) in [5, 5.41) is 27.8. The van der Waals surface area contributed by atoms with Crippen LogP contribution in [0, 0.1) is 20.2 Å². The van der Waals surface area contributed by atoms with Crippen LogP contribution in [0.4, 0.5) is 36.1 Å². The lowest BCUT2D eigenvalue weighted by Gasteiger charge is -2.11. The van der Waals surface area contributed by atoms with Crippen molar-refractivity contribution in [3.05, 3.63) is 62.3 Å². The van der Waals surface area contributed by atoms with Gasteiger partial charge >= 0.3 is 6.18 Å². The van der Waals surface area contributed by atoms with E-state index in [0.717, 1.165) is 0 Å². The Labute approximate surface area is 156 Å². The monoisotopic (exact) mass is 399 g/mol. The van der Waals surface area contributed by atoms with Gasteiger partial charge in [0, 0.05) is 31.4 Å². The molecule has 0 aliphatic carbocycles. The van der Waals surface area contributed by atoms with E-state index in [1.807, 2.05) is 0 Å². The third-order valence-electron chi connectivity index (χ3n) is 3.69. The van der Waals surface area contributed by atoms with Crippen LogP contribution in [0.3, 0.4) is 0 Å². The van der Waals surface area contributed by atoms with Gasteiger partial charge in [-0.1, -0.05) is 6.07 Å². The Bertz CT molecular complexity index is 811. The number of aromatic nitrogens is 1. The number of nitro groups is 2. The number of nitrogens with zero attached hydrogens (tertiary/aromatic N) is 3. The van der Waals surface area contributed by atoms with Crippen LogP contribution in [0.5, 0.6) is 0 Å². The van der Waals surface area contributed by atoms with E-state index in [4.69, 9.17) is 0 Å². The van der Waals surface area contributed by atoms with Gasteiger partial charge in [-0.3, -0.25) is 20.2 Å². The minimum atomic E-state index is -4.94. The molecule has 2 aromatic rings. The number of nitrogens with one attached hydrogen (secondary N) is 2. The lowest BCUT2D eigenvalue weighted by molar-refractivity contribution is -0.392. The van der Waals surface area contributed by atoms with E-state index in [-0.39, 0.29) is 18.7 Å². The molecule has 0 radical (unpaired) electrons. The summed E-state index contributed by atoms with van der Waals surface area (Å²) < 4.78 is 38.6. The van der Waals surface area contributed by atoms with Gasteiger partial charge in [0.15, 0.2) is 5.69 Å². The van der Waals surface area contributed by atoms with Crippen LogP contribution in [-0.4, -0.2) is 27.9 Å². The fraction of sp³-hybridized carbons (Fsp3) is 0.312. The molecule has 0 unspecified atom stereocenters. The third-order valence-corrected chi connectivity index (χ3v) is 3.69. The molecule has 1 aromatic carbocycles. The molecule has 0 saturated carbocycles. The fourth-order valence-electron chi connectivity index (χ4n) is 2.39. The Balaban J connectivity index is 2.05. The average Bonchev–Trinajstić information content (AvgIpc) is 2.63. The number of hydrogen-bond donors (Lipinski definition) is 2. The fourth-order valence-corrected chi connectivity index (χ4v) is 2.39. The smallest absolute Gasteiger partial charge is 0.374 e. The minimum Gasteiger partial charge on any atom is -0.374 e. The first-order chi connectivity index (χ1) is 13.2. The molecule has 0 spiro atoms. The predicted octanol–water partition coefficient (Wildman–Crippen LogP) is 4.22. The SMILES string of the molecule is O=[N+]([O-])c1cc(C(F)(F)F)cc([N+](=O)[O-])c1NCCCCNc1ccccn1. The second kappa shape index (κ2) is 8.97. The van der Waals surface area contributed by atoms with Gasteiger partial charge < -0.3 is 10.6 Å². The Morgan fingerprint density at radius 1 is 0.964 bits per heavy atom. The summed E-state index contributed by atoms with van der Waals surface area (Å²) in [5.41, 5.74) is -3.97. The van der Waals surface area contributed by atoms with Crippen LogP contribution in [0.25, 0.3) is 0 Å². The second-order valence-corrected chi connectivity index (χ2v) is 5.68. The summed E-state index contributed by atoms with van der Waals surface area (Å²) in [4.78, 5) is 24.2. The first-order valence-electron chi connectivity index (χ1n) is 8.13. The van der Waals surface area contributed by atoms with Crippen molar-refractivity contribution in [2.24, 2.45) is 0 Å². The van der Waals surface area contributed by atoms with Crippen molar-refractivity contribution < 1.29 is 23.0 Å². The van der Waals surface area contributed by atoms with Crippen molar-refractivity contribution in [2.45, 2.75) is 19.0 Å². The van der Waals surface area contributed by atoms with E-state index in [9.17, 15) is 33.4 Å². The Kier molecular flexibility index (Phi) is 6.69. The van der Waals surface area contributed by atoms with Crippen molar-refractivity contribution in [1.29, 1.82) is 0 Å². The quantitative estimate of drug-likeness (QED) is 0.367. The van der Waals surface area contributed by atoms with Crippen molar-refractivity contribution in [3.63, 3.8) is 0 Å². The Morgan fingerprint density at radius 2 is 1.54 bits per heavy atom. The molecule has 1 aromatic heterocycles. The third kappa shape index (κ3) is 5.53. The molecule has 0 bridgehead atoms. The van der Waals surface area contributed by atoms with Gasteiger partial charge in [-0.05, 0) is 25.0 Å².